The fourth-order valence-corrected chi connectivity index (χ4v) is 5.39. The van der Waals surface area contributed by atoms with E-state index in [0.29, 0.717) is 28.5 Å². The number of amides is 3. The fraction of sp³-hybridized carbons (Fsp3) is 0.281. The Balaban J connectivity index is 1.27. The summed E-state index contributed by atoms with van der Waals surface area (Å²) in [6.45, 7) is 4.14. The average Bonchev–Trinajstić information content (AvgIpc) is 3.87. The van der Waals surface area contributed by atoms with E-state index >= 15 is 0 Å². The van der Waals surface area contributed by atoms with Gasteiger partial charge in [-0.2, -0.15) is 5.10 Å². The number of primary amides is 1. The second-order valence-electron chi connectivity index (χ2n) is 11.3. The summed E-state index contributed by atoms with van der Waals surface area (Å²) < 4.78 is 0. The highest BCUT2D eigenvalue weighted by atomic mass is 16.2. The van der Waals surface area contributed by atoms with Gasteiger partial charge < -0.3 is 26.2 Å². The van der Waals surface area contributed by atoms with E-state index in [-0.39, 0.29) is 30.3 Å². The quantitative estimate of drug-likeness (QED) is 0.273. The number of benzene rings is 1. The smallest absolute Gasteiger partial charge is 0.272 e. The zero-order chi connectivity index (χ0) is 31.1. The summed E-state index contributed by atoms with van der Waals surface area (Å²) in [5.74, 6) is -0.365. The van der Waals surface area contributed by atoms with E-state index in [0.717, 1.165) is 46.6 Å². The number of nitrogens with one attached hydrogen (secondary N) is 2. The van der Waals surface area contributed by atoms with Crippen LogP contribution in [0.4, 0.5) is 22.9 Å². The van der Waals surface area contributed by atoms with E-state index in [9.17, 15) is 14.4 Å². The number of hydrogen-bond donors (Lipinski definition) is 3. The van der Waals surface area contributed by atoms with Gasteiger partial charge in [-0.05, 0) is 56.5 Å². The van der Waals surface area contributed by atoms with Crippen LogP contribution in [0.3, 0.4) is 0 Å². The molecule has 0 spiro atoms. The van der Waals surface area contributed by atoms with Gasteiger partial charge in [0.25, 0.3) is 5.91 Å². The standard InChI is InChI=1S/C32H33N9O3/c1-17-26(14-28(39-38-17)37-31(43)19-8-9-19)36-25-7-5-6-22-24-15-35-27(13-23(24)18(2)41(4)29(22)25)32(44)40(3)16-21-12-20(30(33)42)10-11-34-21/h5-7,10-15,18-19H,8-9,16H2,1-4H3,(H2,33,42)(H2,36,37,39,43). The molecule has 1 aliphatic heterocycles. The number of rotatable bonds is 8. The van der Waals surface area contributed by atoms with Crippen molar-refractivity contribution in [3.8, 4) is 11.1 Å². The minimum Gasteiger partial charge on any atom is -0.366 e. The van der Waals surface area contributed by atoms with Crippen molar-refractivity contribution >= 4 is 40.6 Å². The lowest BCUT2D eigenvalue weighted by atomic mass is 9.89. The molecule has 0 radical (unpaired) electrons. The zero-order valence-corrected chi connectivity index (χ0v) is 25.0. The van der Waals surface area contributed by atoms with Gasteiger partial charge in [-0.25, -0.2) is 0 Å². The molecule has 224 valence electrons. The average molecular weight is 592 g/mol. The first-order chi connectivity index (χ1) is 21.1. The van der Waals surface area contributed by atoms with Crippen molar-refractivity contribution in [1.82, 2.24) is 25.1 Å². The Kier molecular flexibility index (Phi) is 7.41. The van der Waals surface area contributed by atoms with Crippen LogP contribution in [-0.4, -0.2) is 56.9 Å². The largest absolute Gasteiger partial charge is 0.366 e. The van der Waals surface area contributed by atoms with Crippen molar-refractivity contribution in [2.45, 2.75) is 39.3 Å². The first-order valence-electron chi connectivity index (χ1n) is 14.4. The van der Waals surface area contributed by atoms with E-state index in [4.69, 9.17) is 5.73 Å². The highest BCUT2D eigenvalue weighted by Crippen LogP contribution is 2.48. The van der Waals surface area contributed by atoms with Gasteiger partial charge in [0.2, 0.25) is 11.8 Å². The second kappa shape index (κ2) is 11.4. The van der Waals surface area contributed by atoms with E-state index in [1.165, 1.54) is 17.2 Å². The molecule has 1 aromatic carbocycles. The Morgan fingerprint density at radius 3 is 2.59 bits per heavy atom. The molecule has 2 aliphatic rings. The summed E-state index contributed by atoms with van der Waals surface area (Å²) in [6.07, 6.45) is 5.06. The molecule has 12 nitrogen and oxygen atoms in total. The topological polar surface area (TPSA) is 159 Å². The van der Waals surface area contributed by atoms with Crippen LogP contribution in [0, 0.1) is 12.8 Å². The summed E-state index contributed by atoms with van der Waals surface area (Å²) in [4.78, 5) is 49.7. The number of aromatic nitrogens is 4. The summed E-state index contributed by atoms with van der Waals surface area (Å²) in [6, 6.07) is 12.7. The molecule has 1 fully saturated rings. The summed E-state index contributed by atoms with van der Waals surface area (Å²) >= 11 is 0. The highest BCUT2D eigenvalue weighted by Gasteiger charge is 2.31. The van der Waals surface area contributed by atoms with Crippen LogP contribution in [-0.2, 0) is 11.3 Å². The highest BCUT2D eigenvalue weighted by molar-refractivity contribution is 5.97. The molecule has 0 saturated heterocycles. The lowest BCUT2D eigenvalue weighted by molar-refractivity contribution is -0.117. The Morgan fingerprint density at radius 2 is 1.84 bits per heavy atom. The Labute approximate surface area is 254 Å². The number of nitrogens with two attached hydrogens (primary N) is 1. The van der Waals surface area contributed by atoms with Crippen molar-refractivity contribution in [2.24, 2.45) is 11.7 Å². The molecule has 4 heterocycles. The first-order valence-corrected chi connectivity index (χ1v) is 14.4. The maximum atomic E-state index is 13.4. The van der Waals surface area contributed by atoms with Gasteiger partial charge in [0.15, 0.2) is 5.82 Å². The zero-order valence-electron chi connectivity index (χ0n) is 25.0. The normalized spacial score (nSPS) is 15.2. The summed E-state index contributed by atoms with van der Waals surface area (Å²) in [5, 5.41) is 14.8. The number of nitrogens with zero attached hydrogens (tertiary/aromatic N) is 6. The maximum absolute atomic E-state index is 13.4. The predicted octanol–water partition coefficient (Wildman–Crippen LogP) is 4.22. The molecular weight excluding hydrogens is 558 g/mol. The van der Waals surface area contributed by atoms with Crippen LogP contribution >= 0.6 is 0 Å². The van der Waals surface area contributed by atoms with Crippen molar-refractivity contribution in [3.63, 3.8) is 0 Å². The number of aryl methyl sites for hydroxylation is 1. The van der Waals surface area contributed by atoms with Crippen molar-refractivity contribution in [3.05, 3.63) is 83.1 Å². The molecule has 1 atom stereocenters. The van der Waals surface area contributed by atoms with E-state index in [2.05, 4.69) is 42.6 Å². The Bertz CT molecular complexity index is 1800. The van der Waals surface area contributed by atoms with Gasteiger partial charge in [0.05, 0.1) is 41.0 Å². The van der Waals surface area contributed by atoms with E-state index in [1.807, 2.05) is 38.2 Å². The van der Waals surface area contributed by atoms with Gasteiger partial charge in [0.1, 0.15) is 5.69 Å². The Hall–Kier alpha value is -5.39. The van der Waals surface area contributed by atoms with Gasteiger partial charge >= 0.3 is 0 Å². The number of carbonyl (C=O) groups is 3. The fourth-order valence-electron chi connectivity index (χ4n) is 5.39. The molecule has 0 bridgehead atoms. The predicted molar refractivity (Wildman–Crippen MR) is 166 cm³/mol. The Morgan fingerprint density at radius 1 is 1.05 bits per heavy atom. The van der Waals surface area contributed by atoms with Crippen LogP contribution in [0.5, 0.6) is 0 Å². The van der Waals surface area contributed by atoms with E-state index in [1.54, 1.807) is 25.4 Å². The SMILES string of the molecule is Cc1nnc(NC(=O)C2CC2)cc1Nc1cccc2c1N(C)C(C)c1cc(C(=O)N(C)Cc3cc(C(N)=O)ccn3)ncc1-2. The molecule has 3 aromatic heterocycles. The molecule has 44 heavy (non-hydrogen) atoms. The summed E-state index contributed by atoms with van der Waals surface area (Å²) in [5.41, 5.74) is 12.8. The van der Waals surface area contributed by atoms with Crippen molar-refractivity contribution in [2.75, 3.05) is 29.6 Å². The number of carbonyl (C=O) groups excluding carboxylic acids is 3. The van der Waals surface area contributed by atoms with Crippen LogP contribution in [0.2, 0.25) is 0 Å². The molecule has 1 saturated carbocycles. The van der Waals surface area contributed by atoms with Crippen molar-refractivity contribution in [1.29, 1.82) is 0 Å². The third kappa shape index (κ3) is 5.53. The molecule has 1 aliphatic carbocycles. The van der Waals surface area contributed by atoms with Crippen LogP contribution in [0.1, 0.15) is 63.6 Å². The van der Waals surface area contributed by atoms with Gasteiger partial charge in [-0.3, -0.25) is 24.4 Å². The van der Waals surface area contributed by atoms with Crippen molar-refractivity contribution < 1.29 is 14.4 Å². The lowest BCUT2D eigenvalue weighted by Crippen LogP contribution is -2.30. The first kappa shape index (κ1) is 28.7. The number of fused-ring (bicyclic) bond motifs is 3. The third-order valence-electron chi connectivity index (χ3n) is 8.16. The molecule has 1 unspecified atom stereocenters. The number of pyridine rings is 2. The summed E-state index contributed by atoms with van der Waals surface area (Å²) in [7, 11) is 3.69. The monoisotopic (exact) mass is 591 g/mol. The number of para-hydroxylation sites is 1. The molecule has 4 aromatic rings. The molecule has 4 N–H and O–H groups in total. The van der Waals surface area contributed by atoms with Crippen LogP contribution in [0.25, 0.3) is 11.1 Å². The number of anilines is 4. The van der Waals surface area contributed by atoms with Gasteiger partial charge in [-0.1, -0.05) is 12.1 Å². The minimum atomic E-state index is -0.551. The number of hydrogen-bond acceptors (Lipinski definition) is 9. The lowest BCUT2D eigenvalue weighted by Gasteiger charge is -2.37. The minimum absolute atomic E-state index is 0.0261. The molecule has 3 amide bonds. The van der Waals surface area contributed by atoms with Crippen LogP contribution < -0.4 is 21.3 Å². The van der Waals surface area contributed by atoms with Gasteiger partial charge in [-0.15, -0.1) is 5.10 Å². The van der Waals surface area contributed by atoms with E-state index < -0.39 is 5.91 Å². The molecule has 12 heteroatoms. The molecular formula is C32H33N9O3. The third-order valence-corrected chi connectivity index (χ3v) is 8.16. The van der Waals surface area contributed by atoms with Gasteiger partial charge in [0, 0.05) is 55.2 Å². The second-order valence-corrected chi connectivity index (χ2v) is 11.3. The maximum Gasteiger partial charge on any atom is 0.272 e. The van der Waals surface area contributed by atoms with Crippen LogP contribution in [0.15, 0.2) is 54.9 Å². The molecule has 6 rings (SSSR count).